The van der Waals surface area contributed by atoms with Gasteiger partial charge in [0.05, 0.1) is 6.10 Å². The molecule has 0 heterocycles. The van der Waals surface area contributed by atoms with Gasteiger partial charge in [-0.05, 0) is 32.8 Å². The molecule has 1 aromatic rings. The van der Waals surface area contributed by atoms with Crippen LogP contribution in [0.5, 0.6) is 5.75 Å². The molecule has 0 aliphatic heterocycles. The molecule has 1 aliphatic carbocycles. The standard InChI is InChI=1S/C15H21NO3/c1-11(2)19-15(17)10-18-14-6-4-3-5-12(14)9-16-13-7-8-13/h3-6,11,13,16H,7-10H2,1-2H3. The third kappa shape index (κ3) is 4.91. The van der Waals surface area contributed by atoms with Crippen LogP contribution >= 0.6 is 0 Å². The number of ether oxygens (including phenoxy) is 2. The van der Waals surface area contributed by atoms with Gasteiger partial charge in [0.25, 0.3) is 0 Å². The predicted molar refractivity (Wildman–Crippen MR) is 73.0 cm³/mol. The Kier molecular flexibility index (Phi) is 4.80. The molecule has 0 bridgehead atoms. The van der Waals surface area contributed by atoms with Crippen molar-refractivity contribution in [2.24, 2.45) is 0 Å². The fourth-order valence-corrected chi connectivity index (χ4v) is 1.77. The highest BCUT2D eigenvalue weighted by molar-refractivity contribution is 5.71. The summed E-state index contributed by atoms with van der Waals surface area (Å²) in [4.78, 5) is 11.5. The Labute approximate surface area is 114 Å². The summed E-state index contributed by atoms with van der Waals surface area (Å²) in [6.07, 6.45) is 2.40. The summed E-state index contributed by atoms with van der Waals surface area (Å²) in [5.41, 5.74) is 1.08. The van der Waals surface area contributed by atoms with E-state index in [0.717, 1.165) is 17.9 Å². The lowest BCUT2D eigenvalue weighted by Gasteiger charge is -2.12. The van der Waals surface area contributed by atoms with E-state index in [-0.39, 0.29) is 18.7 Å². The monoisotopic (exact) mass is 263 g/mol. The summed E-state index contributed by atoms with van der Waals surface area (Å²) in [5.74, 6) is 0.413. The molecule has 1 aliphatic rings. The van der Waals surface area contributed by atoms with Crippen molar-refractivity contribution in [3.8, 4) is 5.75 Å². The first-order valence-electron chi connectivity index (χ1n) is 6.78. The van der Waals surface area contributed by atoms with Crippen molar-refractivity contribution in [3.05, 3.63) is 29.8 Å². The molecule has 1 N–H and O–H groups in total. The van der Waals surface area contributed by atoms with Crippen LogP contribution in [0.1, 0.15) is 32.3 Å². The number of rotatable bonds is 7. The minimum Gasteiger partial charge on any atom is -0.482 e. The second-order valence-electron chi connectivity index (χ2n) is 5.09. The van der Waals surface area contributed by atoms with E-state index in [2.05, 4.69) is 5.32 Å². The SMILES string of the molecule is CC(C)OC(=O)COc1ccccc1CNC1CC1. The van der Waals surface area contributed by atoms with Crippen LogP contribution in [0.15, 0.2) is 24.3 Å². The zero-order valence-electron chi connectivity index (χ0n) is 11.5. The van der Waals surface area contributed by atoms with Gasteiger partial charge in [0.15, 0.2) is 6.61 Å². The molecule has 0 unspecified atom stereocenters. The van der Waals surface area contributed by atoms with E-state index in [9.17, 15) is 4.79 Å². The van der Waals surface area contributed by atoms with Gasteiger partial charge in [-0.2, -0.15) is 0 Å². The highest BCUT2D eigenvalue weighted by Gasteiger charge is 2.20. The Morgan fingerprint density at radius 2 is 2.11 bits per heavy atom. The first kappa shape index (κ1) is 13.9. The number of benzene rings is 1. The predicted octanol–water partition coefficient (Wildman–Crippen LogP) is 2.27. The summed E-state index contributed by atoms with van der Waals surface area (Å²) in [6, 6.07) is 8.43. The van der Waals surface area contributed by atoms with E-state index >= 15 is 0 Å². The molecular formula is C15H21NO3. The normalized spacial score (nSPS) is 14.5. The molecule has 1 aromatic carbocycles. The Morgan fingerprint density at radius 3 is 2.79 bits per heavy atom. The molecule has 0 spiro atoms. The maximum atomic E-state index is 11.5. The van der Waals surface area contributed by atoms with E-state index in [4.69, 9.17) is 9.47 Å². The minimum atomic E-state index is -0.333. The molecule has 104 valence electrons. The van der Waals surface area contributed by atoms with Crippen molar-refractivity contribution in [2.45, 2.75) is 45.4 Å². The maximum Gasteiger partial charge on any atom is 0.344 e. The Morgan fingerprint density at radius 1 is 1.37 bits per heavy atom. The van der Waals surface area contributed by atoms with Gasteiger partial charge in [0.1, 0.15) is 5.75 Å². The van der Waals surface area contributed by atoms with Crippen LogP contribution in [-0.4, -0.2) is 24.7 Å². The largest absolute Gasteiger partial charge is 0.482 e. The topological polar surface area (TPSA) is 47.6 Å². The number of para-hydroxylation sites is 1. The average molecular weight is 263 g/mol. The van der Waals surface area contributed by atoms with Crippen LogP contribution in [0.4, 0.5) is 0 Å². The van der Waals surface area contributed by atoms with Gasteiger partial charge in [-0.15, -0.1) is 0 Å². The van der Waals surface area contributed by atoms with Crippen molar-refractivity contribution >= 4 is 5.97 Å². The molecule has 0 amide bonds. The third-order valence-corrected chi connectivity index (χ3v) is 2.84. The fraction of sp³-hybridized carbons (Fsp3) is 0.533. The van der Waals surface area contributed by atoms with Crippen LogP contribution in [0.2, 0.25) is 0 Å². The van der Waals surface area contributed by atoms with Gasteiger partial charge < -0.3 is 14.8 Å². The molecule has 0 aromatic heterocycles. The van der Waals surface area contributed by atoms with E-state index < -0.39 is 0 Å². The lowest BCUT2D eigenvalue weighted by Crippen LogP contribution is -2.20. The van der Waals surface area contributed by atoms with E-state index in [1.54, 1.807) is 0 Å². The highest BCUT2D eigenvalue weighted by atomic mass is 16.6. The van der Waals surface area contributed by atoms with Crippen LogP contribution < -0.4 is 10.1 Å². The highest BCUT2D eigenvalue weighted by Crippen LogP contribution is 2.22. The second-order valence-corrected chi connectivity index (χ2v) is 5.09. The van der Waals surface area contributed by atoms with E-state index in [0.29, 0.717) is 6.04 Å². The third-order valence-electron chi connectivity index (χ3n) is 2.84. The minimum absolute atomic E-state index is 0.0430. The lowest BCUT2D eigenvalue weighted by atomic mass is 10.2. The first-order chi connectivity index (χ1) is 9.15. The fourth-order valence-electron chi connectivity index (χ4n) is 1.77. The summed E-state index contributed by atoms with van der Waals surface area (Å²) < 4.78 is 10.6. The number of hydrogen-bond acceptors (Lipinski definition) is 4. The summed E-state index contributed by atoms with van der Waals surface area (Å²) >= 11 is 0. The van der Waals surface area contributed by atoms with Gasteiger partial charge in [0.2, 0.25) is 0 Å². The quantitative estimate of drug-likeness (QED) is 0.767. The van der Waals surface area contributed by atoms with Crippen LogP contribution in [-0.2, 0) is 16.1 Å². The van der Waals surface area contributed by atoms with Gasteiger partial charge in [-0.25, -0.2) is 4.79 Å². The Balaban J connectivity index is 1.85. The summed E-state index contributed by atoms with van der Waals surface area (Å²) in [5, 5.41) is 3.44. The Hall–Kier alpha value is -1.55. The van der Waals surface area contributed by atoms with Crippen molar-refractivity contribution in [2.75, 3.05) is 6.61 Å². The molecule has 1 fully saturated rings. The van der Waals surface area contributed by atoms with Gasteiger partial charge in [-0.1, -0.05) is 18.2 Å². The second kappa shape index (κ2) is 6.57. The van der Waals surface area contributed by atoms with Crippen LogP contribution in [0.25, 0.3) is 0 Å². The van der Waals surface area contributed by atoms with Gasteiger partial charge >= 0.3 is 5.97 Å². The van der Waals surface area contributed by atoms with Crippen molar-refractivity contribution in [1.29, 1.82) is 0 Å². The number of nitrogens with one attached hydrogen (secondary N) is 1. The van der Waals surface area contributed by atoms with Gasteiger partial charge in [-0.3, -0.25) is 0 Å². The van der Waals surface area contributed by atoms with Crippen LogP contribution in [0, 0.1) is 0 Å². The Bertz CT molecular complexity index is 427. The van der Waals surface area contributed by atoms with Gasteiger partial charge in [0, 0.05) is 18.2 Å². The number of carbonyl (C=O) groups excluding carboxylic acids is 1. The molecule has 1 saturated carbocycles. The van der Waals surface area contributed by atoms with E-state index in [1.165, 1.54) is 12.8 Å². The zero-order chi connectivity index (χ0) is 13.7. The number of esters is 1. The number of carbonyl (C=O) groups is 1. The average Bonchev–Trinajstić information content (AvgIpc) is 3.18. The number of hydrogen-bond donors (Lipinski definition) is 1. The molecule has 4 nitrogen and oxygen atoms in total. The molecule has 4 heteroatoms. The molecule has 2 rings (SSSR count). The zero-order valence-corrected chi connectivity index (χ0v) is 11.5. The molecule has 0 saturated heterocycles. The molecule has 19 heavy (non-hydrogen) atoms. The maximum absolute atomic E-state index is 11.5. The first-order valence-corrected chi connectivity index (χ1v) is 6.78. The lowest BCUT2D eigenvalue weighted by molar-refractivity contribution is -0.149. The van der Waals surface area contributed by atoms with Crippen molar-refractivity contribution in [3.63, 3.8) is 0 Å². The molecule has 0 atom stereocenters. The van der Waals surface area contributed by atoms with Crippen molar-refractivity contribution in [1.82, 2.24) is 5.32 Å². The summed E-state index contributed by atoms with van der Waals surface area (Å²) in [7, 11) is 0. The van der Waals surface area contributed by atoms with E-state index in [1.807, 2.05) is 38.1 Å². The summed E-state index contributed by atoms with van der Waals surface area (Å²) in [6.45, 7) is 4.38. The van der Waals surface area contributed by atoms with Crippen molar-refractivity contribution < 1.29 is 14.3 Å². The smallest absolute Gasteiger partial charge is 0.344 e. The molecule has 0 radical (unpaired) electrons. The molecular weight excluding hydrogens is 242 g/mol. The van der Waals surface area contributed by atoms with Crippen LogP contribution in [0.3, 0.4) is 0 Å².